The second kappa shape index (κ2) is 10.3. The first-order valence-electron chi connectivity index (χ1n) is 9.80. The molecule has 2 aliphatic rings. The zero-order chi connectivity index (χ0) is 21.7. The number of nitrogens with one attached hydrogen (secondary N) is 1. The topological polar surface area (TPSA) is 71.1 Å². The number of hydrogen-bond donors (Lipinski definition) is 1. The van der Waals surface area contributed by atoms with Crippen LogP contribution in [-0.2, 0) is 14.3 Å². The minimum absolute atomic E-state index is 0.219. The Morgan fingerprint density at radius 1 is 1.33 bits per heavy atom. The number of esters is 1. The van der Waals surface area contributed by atoms with E-state index in [9.17, 15) is 9.59 Å². The minimum Gasteiger partial charge on any atom is -0.463 e. The van der Waals surface area contributed by atoms with Crippen LogP contribution in [0.25, 0.3) is 0 Å². The van der Waals surface area contributed by atoms with Gasteiger partial charge < -0.3 is 14.8 Å². The normalized spacial score (nSPS) is 20.2. The molecule has 0 saturated carbocycles. The number of urea groups is 1. The molecule has 1 aromatic carbocycles. The van der Waals surface area contributed by atoms with Gasteiger partial charge in [-0.05, 0) is 24.6 Å². The molecule has 1 N–H and O–H groups in total. The van der Waals surface area contributed by atoms with E-state index in [1.807, 2.05) is 0 Å². The Hall–Kier alpha value is -2.06. The van der Waals surface area contributed by atoms with Crippen LogP contribution in [0.2, 0.25) is 10.0 Å². The molecule has 30 heavy (non-hydrogen) atoms. The maximum Gasteiger partial charge on any atom is 0.338 e. The van der Waals surface area contributed by atoms with Crippen LogP contribution in [0.4, 0.5) is 4.79 Å². The third kappa shape index (κ3) is 4.98. The Balaban J connectivity index is 2.11. The van der Waals surface area contributed by atoms with E-state index in [2.05, 4.69) is 16.8 Å². The molecule has 2 heterocycles. The van der Waals surface area contributed by atoms with Gasteiger partial charge in [0.15, 0.2) is 0 Å². The predicted octanol–water partition coefficient (Wildman–Crippen LogP) is 3.40. The van der Waals surface area contributed by atoms with Gasteiger partial charge in [0.1, 0.15) is 0 Å². The van der Waals surface area contributed by atoms with Crippen molar-refractivity contribution in [2.45, 2.75) is 13.0 Å². The number of carbonyl (C=O) groups excluding carboxylic acids is 2. The van der Waals surface area contributed by atoms with E-state index >= 15 is 0 Å². The molecule has 0 spiro atoms. The Morgan fingerprint density at radius 3 is 2.70 bits per heavy atom. The van der Waals surface area contributed by atoms with Gasteiger partial charge in [-0.1, -0.05) is 35.3 Å². The average Bonchev–Trinajstić information content (AvgIpc) is 2.73. The van der Waals surface area contributed by atoms with Crippen molar-refractivity contribution in [3.63, 3.8) is 0 Å². The molecular formula is C21H25Cl2N3O4. The Morgan fingerprint density at radius 2 is 2.07 bits per heavy atom. The largest absolute Gasteiger partial charge is 0.463 e. The van der Waals surface area contributed by atoms with Gasteiger partial charge in [0.2, 0.25) is 0 Å². The van der Waals surface area contributed by atoms with Crippen molar-refractivity contribution in [2.24, 2.45) is 0 Å². The maximum absolute atomic E-state index is 13.1. The molecule has 3 rings (SSSR count). The Labute approximate surface area is 186 Å². The van der Waals surface area contributed by atoms with Gasteiger partial charge in [-0.25, -0.2) is 9.59 Å². The summed E-state index contributed by atoms with van der Waals surface area (Å²) in [7, 11) is 0. The van der Waals surface area contributed by atoms with Crippen LogP contribution in [-0.4, -0.2) is 67.8 Å². The Kier molecular flexibility index (Phi) is 7.77. The summed E-state index contributed by atoms with van der Waals surface area (Å²) < 4.78 is 10.8. The maximum atomic E-state index is 13.1. The third-order valence-corrected chi connectivity index (χ3v) is 5.74. The van der Waals surface area contributed by atoms with Crippen molar-refractivity contribution in [1.29, 1.82) is 0 Å². The van der Waals surface area contributed by atoms with Gasteiger partial charge in [0.05, 0.1) is 41.5 Å². The van der Waals surface area contributed by atoms with Crippen LogP contribution in [0.3, 0.4) is 0 Å². The van der Waals surface area contributed by atoms with Gasteiger partial charge in [0.25, 0.3) is 0 Å². The van der Waals surface area contributed by atoms with Crippen molar-refractivity contribution >= 4 is 35.2 Å². The number of rotatable bonds is 7. The molecule has 2 aliphatic heterocycles. The summed E-state index contributed by atoms with van der Waals surface area (Å²) in [6.45, 7) is 9.02. The van der Waals surface area contributed by atoms with E-state index in [0.717, 1.165) is 0 Å². The SMILES string of the molecule is C=CCN1C(=O)N[C@@H](c2ccc(Cl)c(Cl)c2)C(C(=O)OCC)=C1CN1CCOCC1. The molecule has 2 amide bonds. The molecule has 0 aliphatic carbocycles. The van der Waals surface area contributed by atoms with Crippen molar-refractivity contribution < 1.29 is 19.1 Å². The molecule has 1 aromatic rings. The van der Waals surface area contributed by atoms with Gasteiger partial charge in [-0.3, -0.25) is 9.80 Å². The number of ether oxygens (including phenoxy) is 2. The molecule has 1 fully saturated rings. The third-order valence-electron chi connectivity index (χ3n) is 5.00. The fourth-order valence-corrected chi connectivity index (χ4v) is 3.86. The number of morpholine rings is 1. The molecule has 162 valence electrons. The molecule has 0 aromatic heterocycles. The Bertz CT molecular complexity index is 853. The first-order chi connectivity index (χ1) is 14.5. The lowest BCUT2D eigenvalue weighted by Crippen LogP contribution is -2.51. The van der Waals surface area contributed by atoms with Crippen molar-refractivity contribution in [3.8, 4) is 0 Å². The summed E-state index contributed by atoms with van der Waals surface area (Å²) in [6.07, 6.45) is 1.63. The first kappa shape index (κ1) is 22.6. The lowest BCUT2D eigenvalue weighted by atomic mass is 9.94. The van der Waals surface area contributed by atoms with Crippen molar-refractivity contribution in [2.75, 3.05) is 46.0 Å². The lowest BCUT2D eigenvalue weighted by molar-refractivity contribution is -0.139. The summed E-state index contributed by atoms with van der Waals surface area (Å²) in [5, 5.41) is 3.64. The lowest BCUT2D eigenvalue weighted by Gasteiger charge is -2.39. The van der Waals surface area contributed by atoms with E-state index < -0.39 is 12.0 Å². The summed E-state index contributed by atoms with van der Waals surface area (Å²) in [5.41, 5.74) is 1.62. The molecule has 1 saturated heterocycles. The highest BCUT2D eigenvalue weighted by Crippen LogP contribution is 2.34. The number of nitrogens with zero attached hydrogens (tertiary/aromatic N) is 2. The van der Waals surface area contributed by atoms with Gasteiger partial charge in [-0.15, -0.1) is 6.58 Å². The average molecular weight is 454 g/mol. The molecule has 0 unspecified atom stereocenters. The van der Waals surface area contributed by atoms with Crippen LogP contribution >= 0.6 is 23.2 Å². The molecule has 0 radical (unpaired) electrons. The minimum atomic E-state index is -0.705. The fourth-order valence-electron chi connectivity index (χ4n) is 3.56. The summed E-state index contributed by atoms with van der Waals surface area (Å²) in [6, 6.07) is 4.02. The smallest absolute Gasteiger partial charge is 0.338 e. The van der Waals surface area contributed by atoms with Crippen LogP contribution in [0.1, 0.15) is 18.5 Å². The molecule has 1 atom stereocenters. The highest BCUT2D eigenvalue weighted by molar-refractivity contribution is 6.42. The highest BCUT2D eigenvalue weighted by atomic mass is 35.5. The molecule has 9 heteroatoms. The number of halogens is 2. The summed E-state index contributed by atoms with van der Waals surface area (Å²) >= 11 is 12.3. The molecule has 7 nitrogen and oxygen atoms in total. The summed E-state index contributed by atoms with van der Waals surface area (Å²) in [5.74, 6) is -0.481. The van der Waals surface area contributed by atoms with Gasteiger partial charge >= 0.3 is 12.0 Å². The second-order valence-corrected chi connectivity index (χ2v) is 7.74. The van der Waals surface area contributed by atoms with Crippen LogP contribution in [0.5, 0.6) is 0 Å². The van der Waals surface area contributed by atoms with E-state index in [4.69, 9.17) is 32.7 Å². The van der Waals surface area contributed by atoms with Crippen molar-refractivity contribution in [1.82, 2.24) is 15.1 Å². The van der Waals surface area contributed by atoms with E-state index in [1.165, 1.54) is 4.90 Å². The van der Waals surface area contributed by atoms with E-state index in [1.54, 1.807) is 31.2 Å². The number of carbonyl (C=O) groups is 2. The highest BCUT2D eigenvalue weighted by Gasteiger charge is 2.38. The monoisotopic (exact) mass is 453 g/mol. The fraction of sp³-hybridized carbons (Fsp3) is 0.429. The zero-order valence-electron chi connectivity index (χ0n) is 16.8. The quantitative estimate of drug-likeness (QED) is 0.505. The number of hydrogen-bond acceptors (Lipinski definition) is 5. The predicted molar refractivity (Wildman–Crippen MR) is 116 cm³/mol. The van der Waals surface area contributed by atoms with Crippen LogP contribution in [0, 0.1) is 0 Å². The molecule has 0 bridgehead atoms. The first-order valence-corrected chi connectivity index (χ1v) is 10.6. The summed E-state index contributed by atoms with van der Waals surface area (Å²) in [4.78, 5) is 29.7. The van der Waals surface area contributed by atoms with Gasteiger partial charge in [-0.2, -0.15) is 0 Å². The number of amides is 2. The van der Waals surface area contributed by atoms with E-state index in [-0.39, 0.29) is 19.2 Å². The van der Waals surface area contributed by atoms with E-state index in [0.29, 0.717) is 59.7 Å². The van der Waals surface area contributed by atoms with Gasteiger partial charge in [0, 0.05) is 31.9 Å². The number of benzene rings is 1. The second-order valence-electron chi connectivity index (χ2n) is 6.92. The van der Waals surface area contributed by atoms with Crippen LogP contribution < -0.4 is 5.32 Å². The zero-order valence-corrected chi connectivity index (χ0v) is 18.3. The van der Waals surface area contributed by atoms with Crippen molar-refractivity contribution in [3.05, 3.63) is 57.7 Å². The standard InChI is InChI=1S/C21H25Cl2N3O4/c1-3-7-26-17(13-25-8-10-29-11-9-25)18(20(27)30-4-2)19(24-21(26)28)14-5-6-15(22)16(23)12-14/h3,5-6,12,19H,1,4,7-11,13H2,2H3,(H,24,28)/t19-/m0/s1. The van der Waals surface area contributed by atoms with Crippen LogP contribution in [0.15, 0.2) is 42.1 Å². The molecular weight excluding hydrogens is 429 g/mol.